The second-order valence-electron chi connectivity index (χ2n) is 4.51. The van der Waals surface area contributed by atoms with Gasteiger partial charge in [-0.3, -0.25) is 4.68 Å². The lowest BCUT2D eigenvalue weighted by molar-refractivity contribution is 0.0599. The minimum Gasteiger partial charge on any atom is -0.465 e. The molecular weight excluding hydrogens is 274 g/mol. The number of aromatic nitrogens is 2. The molecule has 0 saturated heterocycles. The zero-order valence-electron chi connectivity index (χ0n) is 12.4. The van der Waals surface area contributed by atoms with E-state index in [2.05, 4.69) is 15.2 Å². The van der Waals surface area contributed by atoms with Gasteiger partial charge in [-0.1, -0.05) is 0 Å². The maximum atomic E-state index is 11.5. The van der Waals surface area contributed by atoms with E-state index < -0.39 is 5.97 Å². The number of carbonyl (C=O) groups excluding carboxylic acids is 1. The molecule has 7 nitrogen and oxygen atoms in total. The number of carbonyl (C=O) groups is 1. The van der Waals surface area contributed by atoms with Crippen LogP contribution in [0.25, 0.3) is 0 Å². The molecule has 0 atom stereocenters. The van der Waals surface area contributed by atoms with Gasteiger partial charge in [-0.05, 0) is 13.0 Å². The summed E-state index contributed by atoms with van der Waals surface area (Å²) in [5.41, 5.74) is 1.32. The summed E-state index contributed by atoms with van der Waals surface area (Å²) in [7, 11) is 3.00. The zero-order chi connectivity index (χ0) is 15.2. The second kappa shape index (κ2) is 6.94. The van der Waals surface area contributed by atoms with Crippen LogP contribution in [0, 0.1) is 6.92 Å². The van der Waals surface area contributed by atoms with Gasteiger partial charge in [0.15, 0.2) is 0 Å². The smallest absolute Gasteiger partial charge is 0.341 e. The van der Waals surface area contributed by atoms with Crippen LogP contribution in [0.15, 0.2) is 22.9 Å². The van der Waals surface area contributed by atoms with E-state index in [-0.39, 0.29) is 0 Å². The molecule has 2 rings (SSSR count). The van der Waals surface area contributed by atoms with E-state index in [1.807, 2.05) is 6.20 Å². The summed E-state index contributed by atoms with van der Waals surface area (Å²) in [4.78, 5) is 11.5. The highest BCUT2D eigenvalue weighted by molar-refractivity contribution is 5.90. The van der Waals surface area contributed by atoms with Gasteiger partial charge in [-0.2, -0.15) is 5.10 Å². The van der Waals surface area contributed by atoms with Crippen LogP contribution >= 0.6 is 0 Å². The van der Waals surface area contributed by atoms with Crippen molar-refractivity contribution in [3.05, 3.63) is 35.5 Å². The van der Waals surface area contributed by atoms with Crippen molar-refractivity contribution in [2.75, 3.05) is 26.1 Å². The number of esters is 1. The minimum atomic E-state index is -0.394. The number of methoxy groups -OCH3 is 2. The SMILES string of the molecule is COCCn1cc(NCc2cc(C(=O)OC)c(C)o2)cn1. The summed E-state index contributed by atoms with van der Waals surface area (Å²) >= 11 is 0. The summed E-state index contributed by atoms with van der Waals surface area (Å²) < 4.78 is 17.0. The Morgan fingerprint density at radius 2 is 2.29 bits per heavy atom. The molecule has 0 aliphatic rings. The third-order valence-corrected chi connectivity index (χ3v) is 3.00. The van der Waals surface area contributed by atoms with E-state index in [1.54, 1.807) is 31.0 Å². The fourth-order valence-electron chi connectivity index (χ4n) is 1.89. The summed E-state index contributed by atoms with van der Waals surface area (Å²) in [5.74, 6) is 0.821. The molecule has 0 aliphatic heterocycles. The van der Waals surface area contributed by atoms with Crippen LogP contribution < -0.4 is 5.32 Å². The van der Waals surface area contributed by atoms with Crippen molar-refractivity contribution >= 4 is 11.7 Å². The maximum absolute atomic E-state index is 11.5. The van der Waals surface area contributed by atoms with E-state index >= 15 is 0 Å². The number of nitrogens with one attached hydrogen (secondary N) is 1. The van der Waals surface area contributed by atoms with Crippen molar-refractivity contribution in [2.24, 2.45) is 0 Å². The Bertz CT molecular complexity index is 603. The normalized spacial score (nSPS) is 10.6. The Morgan fingerprint density at radius 3 is 3.00 bits per heavy atom. The third kappa shape index (κ3) is 3.85. The molecule has 2 aromatic rings. The molecule has 0 saturated carbocycles. The number of anilines is 1. The van der Waals surface area contributed by atoms with Gasteiger partial charge in [0, 0.05) is 13.3 Å². The van der Waals surface area contributed by atoms with Gasteiger partial charge < -0.3 is 19.2 Å². The molecule has 1 N–H and O–H groups in total. The van der Waals surface area contributed by atoms with Gasteiger partial charge in [-0.15, -0.1) is 0 Å². The van der Waals surface area contributed by atoms with Crippen LogP contribution in [0.4, 0.5) is 5.69 Å². The maximum Gasteiger partial charge on any atom is 0.341 e. The summed E-state index contributed by atoms with van der Waals surface area (Å²) in [6, 6.07) is 1.68. The molecule has 114 valence electrons. The minimum absolute atomic E-state index is 0.394. The molecule has 0 radical (unpaired) electrons. The summed E-state index contributed by atoms with van der Waals surface area (Å²) in [6.45, 7) is 3.51. The van der Waals surface area contributed by atoms with E-state index in [4.69, 9.17) is 9.15 Å². The number of hydrogen-bond acceptors (Lipinski definition) is 6. The van der Waals surface area contributed by atoms with Crippen LogP contribution in [0.3, 0.4) is 0 Å². The fraction of sp³-hybridized carbons (Fsp3) is 0.429. The molecule has 0 bridgehead atoms. The monoisotopic (exact) mass is 293 g/mol. The number of nitrogens with zero attached hydrogens (tertiary/aromatic N) is 2. The average Bonchev–Trinajstić information content (AvgIpc) is 3.08. The van der Waals surface area contributed by atoms with Crippen LogP contribution in [-0.2, 0) is 22.6 Å². The quantitative estimate of drug-likeness (QED) is 0.785. The highest BCUT2D eigenvalue weighted by Crippen LogP contribution is 2.17. The average molecular weight is 293 g/mol. The van der Waals surface area contributed by atoms with Gasteiger partial charge in [0.1, 0.15) is 17.1 Å². The zero-order valence-corrected chi connectivity index (χ0v) is 12.4. The van der Waals surface area contributed by atoms with Gasteiger partial charge >= 0.3 is 5.97 Å². The first-order chi connectivity index (χ1) is 10.1. The highest BCUT2D eigenvalue weighted by Gasteiger charge is 2.15. The first kappa shape index (κ1) is 15.1. The van der Waals surface area contributed by atoms with Crippen LogP contribution in [0.2, 0.25) is 0 Å². The number of rotatable bonds is 7. The fourth-order valence-corrected chi connectivity index (χ4v) is 1.89. The standard InChI is InChI=1S/C14H19N3O4/c1-10-13(14(18)20-3)6-12(21-10)8-15-11-7-16-17(9-11)4-5-19-2/h6-7,9,15H,4-5,8H2,1-3H3. The summed E-state index contributed by atoms with van der Waals surface area (Å²) in [5, 5.41) is 7.38. The van der Waals surface area contributed by atoms with Crippen molar-refractivity contribution in [1.82, 2.24) is 9.78 Å². The molecule has 0 fully saturated rings. The molecule has 21 heavy (non-hydrogen) atoms. The van der Waals surface area contributed by atoms with E-state index in [0.717, 1.165) is 5.69 Å². The molecule has 0 aliphatic carbocycles. The van der Waals surface area contributed by atoms with Crippen molar-refractivity contribution < 1.29 is 18.7 Å². The van der Waals surface area contributed by atoms with Gasteiger partial charge in [0.05, 0.1) is 38.7 Å². The lowest BCUT2D eigenvalue weighted by Crippen LogP contribution is -2.04. The topological polar surface area (TPSA) is 78.5 Å². The van der Waals surface area contributed by atoms with Crippen LogP contribution in [-0.4, -0.2) is 36.6 Å². The highest BCUT2D eigenvalue weighted by atomic mass is 16.5. The summed E-state index contributed by atoms with van der Waals surface area (Å²) in [6.07, 6.45) is 3.61. The number of hydrogen-bond donors (Lipinski definition) is 1. The van der Waals surface area contributed by atoms with Crippen molar-refractivity contribution in [2.45, 2.75) is 20.0 Å². The number of aryl methyl sites for hydroxylation is 1. The Morgan fingerprint density at radius 1 is 1.48 bits per heavy atom. The first-order valence-electron chi connectivity index (χ1n) is 6.57. The first-order valence-corrected chi connectivity index (χ1v) is 6.57. The third-order valence-electron chi connectivity index (χ3n) is 3.00. The van der Waals surface area contributed by atoms with Gasteiger partial charge in [0.2, 0.25) is 0 Å². The Balaban J connectivity index is 1.93. The van der Waals surface area contributed by atoms with Gasteiger partial charge in [-0.25, -0.2) is 4.79 Å². The Kier molecular flexibility index (Phi) is 4.99. The largest absolute Gasteiger partial charge is 0.465 e. The second-order valence-corrected chi connectivity index (χ2v) is 4.51. The Labute approximate surface area is 122 Å². The predicted molar refractivity (Wildman–Crippen MR) is 76.2 cm³/mol. The molecule has 0 unspecified atom stereocenters. The molecule has 0 aromatic carbocycles. The van der Waals surface area contributed by atoms with Crippen LogP contribution in [0.5, 0.6) is 0 Å². The van der Waals surface area contributed by atoms with E-state index in [1.165, 1.54) is 7.11 Å². The molecule has 2 aromatic heterocycles. The van der Waals surface area contributed by atoms with Crippen molar-refractivity contribution in [1.29, 1.82) is 0 Å². The molecule has 0 spiro atoms. The lowest BCUT2D eigenvalue weighted by atomic mass is 10.2. The molecule has 0 amide bonds. The molecule has 7 heteroatoms. The van der Waals surface area contributed by atoms with Crippen LogP contribution in [0.1, 0.15) is 21.9 Å². The number of furan rings is 1. The van der Waals surface area contributed by atoms with Gasteiger partial charge in [0.25, 0.3) is 0 Å². The van der Waals surface area contributed by atoms with Crippen molar-refractivity contribution in [3.8, 4) is 0 Å². The predicted octanol–water partition coefficient (Wildman–Crippen LogP) is 1.83. The number of ether oxygens (including phenoxy) is 2. The van der Waals surface area contributed by atoms with Crippen molar-refractivity contribution in [3.63, 3.8) is 0 Å². The van der Waals surface area contributed by atoms with E-state index in [0.29, 0.717) is 36.8 Å². The molecular formula is C14H19N3O4. The van der Waals surface area contributed by atoms with E-state index in [9.17, 15) is 4.79 Å². The molecule has 2 heterocycles. The Hall–Kier alpha value is -2.28. The lowest BCUT2D eigenvalue weighted by Gasteiger charge is -2.00.